The number of nitrogen functional groups attached to an aromatic ring is 1. The minimum absolute atomic E-state index is 0.166. The summed E-state index contributed by atoms with van der Waals surface area (Å²) < 4.78 is 0. The lowest BCUT2D eigenvalue weighted by Crippen LogP contribution is -2.46. The maximum atomic E-state index is 13.1. The first-order valence-corrected chi connectivity index (χ1v) is 8.61. The van der Waals surface area contributed by atoms with Crippen LogP contribution in [0.2, 0.25) is 0 Å². The van der Waals surface area contributed by atoms with Crippen LogP contribution in [-0.4, -0.2) is 41.5 Å². The highest BCUT2D eigenvalue weighted by atomic mass is 16.4. The largest absolute Gasteiger partial charge is 0.481 e. The summed E-state index contributed by atoms with van der Waals surface area (Å²) in [6.07, 6.45) is 0.481. The summed E-state index contributed by atoms with van der Waals surface area (Å²) in [7, 11) is 1.77. The average Bonchev–Trinajstić information content (AvgIpc) is 2.71. The molecule has 6 nitrogen and oxygen atoms in total. The van der Waals surface area contributed by atoms with Gasteiger partial charge in [0, 0.05) is 31.5 Å². The van der Waals surface area contributed by atoms with Crippen molar-refractivity contribution < 1.29 is 14.7 Å². The Morgan fingerprint density at radius 2 is 1.96 bits per heavy atom. The van der Waals surface area contributed by atoms with Crippen LogP contribution in [0.5, 0.6) is 0 Å². The number of benzene rings is 2. The molecular weight excluding hydrogens is 330 g/mol. The van der Waals surface area contributed by atoms with Crippen LogP contribution < -0.4 is 10.6 Å². The highest BCUT2D eigenvalue weighted by Gasteiger charge is 2.34. The third-order valence-electron chi connectivity index (χ3n) is 4.79. The van der Waals surface area contributed by atoms with Crippen molar-refractivity contribution in [3.63, 3.8) is 0 Å². The monoisotopic (exact) mass is 353 g/mol. The fraction of sp³-hybridized carbons (Fsp3) is 0.300. The van der Waals surface area contributed by atoms with Crippen molar-refractivity contribution in [3.8, 4) is 0 Å². The fourth-order valence-electron chi connectivity index (χ4n) is 3.39. The maximum Gasteiger partial charge on any atom is 0.305 e. The van der Waals surface area contributed by atoms with E-state index in [9.17, 15) is 14.7 Å². The van der Waals surface area contributed by atoms with Crippen molar-refractivity contribution in [2.75, 3.05) is 24.2 Å². The third-order valence-corrected chi connectivity index (χ3v) is 4.79. The Labute approximate surface area is 152 Å². The normalized spacial score (nSPS) is 17.0. The van der Waals surface area contributed by atoms with Crippen molar-refractivity contribution in [2.45, 2.75) is 25.4 Å². The standard InChI is InChI=1S/C20H23N3O3/c1-22-17-8-7-16(21)11-15(17)13-23(20(26)18(22)12-19(24)25)10-9-14-5-3-2-4-6-14/h2-8,11,18H,9-10,12-13,21H2,1H3,(H,24,25). The van der Waals surface area contributed by atoms with Crippen LogP contribution in [0.4, 0.5) is 11.4 Å². The van der Waals surface area contributed by atoms with Gasteiger partial charge >= 0.3 is 5.97 Å². The number of carbonyl (C=O) groups is 2. The van der Waals surface area contributed by atoms with Crippen LogP contribution in [-0.2, 0) is 22.6 Å². The number of nitrogens with zero attached hydrogens (tertiary/aromatic N) is 2. The van der Waals surface area contributed by atoms with E-state index in [1.54, 1.807) is 22.9 Å². The molecule has 0 radical (unpaired) electrons. The van der Waals surface area contributed by atoms with E-state index < -0.39 is 12.0 Å². The van der Waals surface area contributed by atoms with Crippen LogP contribution in [0.1, 0.15) is 17.5 Å². The molecule has 1 aliphatic heterocycles. The molecule has 136 valence electrons. The topological polar surface area (TPSA) is 86.9 Å². The predicted octanol–water partition coefficient (Wildman–Crippen LogP) is 2.13. The Balaban J connectivity index is 1.90. The molecule has 1 amide bonds. The lowest BCUT2D eigenvalue weighted by atomic mass is 10.1. The first kappa shape index (κ1) is 17.8. The first-order chi connectivity index (χ1) is 12.5. The van der Waals surface area contributed by atoms with Gasteiger partial charge in [-0.05, 0) is 35.7 Å². The zero-order chi connectivity index (χ0) is 18.7. The molecule has 1 heterocycles. The number of hydrogen-bond donors (Lipinski definition) is 2. The zero-order valence-corrected chi connectivity index (χ0v) is 14.8. The SMILES string of the molecule is CN1c2ccc(N)cc2CN(CCc2ccccc2)C(=O)C1CC(=O)O. The van der Waals surface area contributed by atoms with Crippen LogP contribution in [0, 0.1) is 0 Å². The van der Waals surface area contributed by atoms with Gasteiger partial charge in [-0.15, -0.1) is 0 Å². The van der Waals surface area contributed by atoms with Crippen molar-refractivity contribution in [1.82, 2.24) is 4.90 Å². The van der Waals surface area contributed by atoms with Crippen LogP contribution in [0.25, 0.3) is 0 Å². The number of rotatable bonds is 5. The summed E-state index contributed by atoms with van der Waals surface area (Å²) in [5.41, 5.74) is 9.47. The van der Waals surface area contributed by atoms with E-state index in [2.05, 4.69) is 0 Å². The van der Waals surface area contributed by atoms with Gasteiger partial charge in [0.25, 0.3) is 0 Å². The van der Waals surface area contributed by atoms with Gasteiger partial charge in [0.2, 0.25) is 5.91 Å². The molecule has 26 heavy (non-hydrogen) atoms. The van der Waals surface area contributed by atoms with Crippen LogP contribution in [0.15, 0.2) is 48.5 Å². The molecule has 3 rings (SSSR count). The molecule has 1 atom stereocenters. The number of nitrogens with two attached hydrogens (primary N) is 1. The second kappa shape index (κ2) is 7.47. The molecule has 2 aromatic carbocycles. The van der Waals surface area contributed by atoms with Gasteiger partial charge in [-0.25, -0.2) is 0 Å². The van der Waals surface area contributed by atoms with E-state index in [4.69, 9.17) is 5.73 Å². The molecular formula is C20H23N3O3. The van der Waals surface area contributed by atoms with Crippen LogP contribution in [0.3, 0.4) is 0 Å². The van der Waals surface area contributed by atoms with E-state index in [-0.39, 0.29) is 12.3 Å². The Bertz CT molecular complexity index is 807. The first-order valence-electron chi connectivity index (χ1n) is 8.61. The number of anilines is 2. The Morgan fingerprint density at radius 3 is 2.65 bits per heavy atom. The predicted molar refractivity (Wildman–Crippen MR) is 101 cm³/mol. The van der Waals surface area contributed by atoms with E-state index in [1.807, 2.05) is 42.5 Å². The second-order valence-corrected chi connectivity index (χ2v) is 6.61. The van der Waals surface area contributed by atoms with Gasteiger partial charge in [0.05, 0.1) is 6.42 Å². The molecule has 6 heteroatoms. The van der Waals surface area contributed by atoms with Crippen molar-refractivity contribution in [2.24, 2.45) is 0 Å². The summed E-state index contributed by atoms with van der Waals surface area (Å²) in [5.74, 6) is -1.15. The number of carboxylic acid groups (broad SMARTS) is 1. The number of likely N-dealkylation sites (N-methyl/N-ethyl adjacent to an activating group) is 1. The van der Waals surface area contributed by atoms with E-state index >= 15 is 0 Å². The van der Waals surface area contributed by atoms with Gasteiger partial charge < -0.3 is 20.6 Å². The Kier molecular flexibility index (Phi) is 5.11. The van der Waals surface area contributed by atoms with Crippen molar-refractivity contribution in [1.29, 1.82) is 0 Å². The number of carboxylic acids is 1. The molecule has 0 saturated heterocycles. The molecule has 0 saturated carbocycles. The van der Waals surface area contributed by atoms with Crippen molar-refractivity contribution >= 4 is 23.3 Å². The summed E-state index contributed by atoms with van der Waals surface area (Å²) in [4.78, 5) is 27.9. The van der Waals surface area contributed by atoms with Gasteiger partial charge in [-0.2, -0.15) is 0 Å². The zero-order valence-electron chi connectivity index (χ0n) is 14.8. The average molecular weight is 353 g/mol. The molecule has 3 N–H and O–H groups in total. The molecule has 0 fully saturated rings. The van der Waals surface area contributed by atoms with Crippen molar-refractivity contribution in [3.05, 3.63) is 59.7 Å². The molecule has 1 unspecified atom stereocenters. The number of fused-ring (bicyclic) bond motifs is 1. The highest BCUT2D eigenvalue weighted by molar-refractivity contribution is 5.90. The number of carbonyl (C=O) groups excluding carboxylic acids is 1. The Hall–Kier alpha value is -3.02. The van der Waals surface area contributed by atoms with Gasteiger partial charge in [-0.3, -0.25) is 9.59 Å². The molecule has 0 aromatic heterocycles. The number of aliphatic carboxylic acids is 1. The molecule has 1 aliphatic rings. The minimum atomic E-state index is -0.989. The number of hydrogen-bond acceptors (Lipinski definition) is 4. The molecule has 0 aliphatic carbocycles. The molecule has 0 bridgehead atoms. The Morgan fingerprint density at radius 1 is 1.23 bits per heavy atom. The summed E-state index contributed by atoms with van der Waals surface area (Å²) in [5, 5.41) is 9.26. The highest BCUT2D eigenvalue weighted by Crippen LogP contribution is 2.30. The lowest BCUT2D eigenvalue weighted by molar-refractivity contribution is -0.142. The summed E-state index contributed by atoms with van der Waals surface area (Å²) in [6.45, 7) is 0.952. The second-order valence-electron chi connectivity index (χ2n) is 6.61. The van der Waals surface area contributed by atoms with Crippen LogP contribution >= 0.6 is 0 Å². The van der Waals surface area contributed by atoms with E-state index in [0.29, 0.717) is 25.2 Å². The minimum Gasteiger partial charge on any atom is -0.481 e. The number of amides is 1. The smallest absolute Gasteiger partial charge is 0.305 e. The lowest BCUT2D eigenvalue weighted by Gasteiger charge is -2.29. The summed E-state index contributed by atoms with van der Waals surface area (Å²) >= 11 is 0. The maximum absolute atomic E-state index is 13.1. The molecule has 2 aromatic rings. The van der Waals surface area contributed by atoms with E-state index in [0.717, 1.165) is 16.8 Å². The summed E-state index contributed by atoms with van der Waals surface area (Å²) in [6, 6.07) is 14.7. The molecule has 0 spiro atoms. The van der Waals surface area contributed by atoms with Gasteiger partial charge in [0.15, 0.2) is 0 Å². The van der Waals surface area contributed by atoms with Gasteiger partial charge in [-0.1, -0.05) is 30.3 Å². The third kappa shape index (κ3) is 3.79. The van der Waals surface area contributed by atoms with Gasteiger partial charge in [0.1, 0.15) is 6.04 Å². The fourth-order valence-corrected chi connectivity index (χ4v) is 3.39. The van der Waals surface area contributed by atoms with E-state index in [1.165, 1.54) is 0 Å². The quantitative estimate of drug-likeness (QED) is 0.804.